The molecule has 0 amide bonds. The minimum Gasteiger partial charge on any atom is -0.478 e. The molecule has 0 aliphatic carbocycles. The molecule has 1 rings (SSSR count). The number of nitrogens with one attached hydrogen (secondary N) is 1. The van der Waals surface area contributed by atoms with E-state index in [-0.39, 0.29) is 11.6 Å². The first-order chi connectivity index (χ1) is 8.34. The van der Waals surface area contributed by atoms with Gasteiger partial charge in [-0.05, 0) is 51.5 Å². The molecular formula is C14H21NO3. The van der Waals surface area contributed by atoms with E-state index >= 15 is 0 Å². The van der Waals surface area contributed by atoms with E-state index in [4.69, 9.17) is 9.84 Å². The summed E-state index contributed by atoms with van der Waals surface area (Å²) in [5.41, 5.74) is 1.04. The number of anilines is 1. The zero-order chi connectivity index (χ0) is 13.8. The van der Waals surface area contributed by atoms with Crippen molar-refractivity contribution in [2.24, 2.45) is 0 Å². The Hall–Kier alpha value is -1.55. The van der Waals surface area contributed by atoms with Crippen LogP contribution in [0.2, 0.25) is 0 Å². The molecule has 1 aromatic carbocycles. The molecule has 18 heavy (non-hydrogen) atoms. The number of rotatable bonds is 6. The Kier molecular flexibility index (Phi) is 4.73. The molecule has 0 bridgehead atoms. The highest BCUT2D eigenvalue weighted by atomic mass is 16.5. The third-order valence-electron chi connectivity index (χ3n) is 2.90. The van der Waals surface area contributed by atoms with Gasteiger partial charge in [-0.3, -0.25) is 0 Å². The first-order valence-corrected chi connectivity index (χ1v) is 5.99. The quantitative estimate of drug-likeness (QED) is 0.816. The molecule has 1 unspecified atom stereocenters. The van der Waals surface area contributed by atoms with Gasteiger partial charge in [0.05, 0.1) is 11.2 Å². The lowest BCUT2D eigenvalue weighted by molar-refractivity contribution is 0.0128. The van der Waals surface area contributed by atoms with Crippen molar-refractivity contribution in [3.8, 4) is 0 Å². The minimum atomic E-state index is -0.907. The lowest BCUT2D eigenvalue weighted by atomic mass is 9.99. The average Bonchev–Trinajstić information content (AvgIpc) is 2.29. The lowest BCUT2D eigenvalue weighted by Crippen LogP contribution is -2.31. The molecule has 0 saturated heterocycles. The highest BCUT2D eigenvalue weighted by molar-refractivity contribution is 5.87. The largest absolute Gasteiger partial charge is 0.478 e. The number of benzene rings is 1. The van der Waals surface area contributed by atoms with E-state index in [0.29, 0.717) is 5.56 Å². The molecule has 0 fully saturated rings. The summed E-state index contributed by atoms with van der Waals surface area (Å²) in [5, 5.41) is 12.1. The highest BCUT2D eigenvalue weighted by Crippen LogP contribution is 2.19. The van der Waals surface area contributed by atoms with Gasteiger partial charge in [-0.1, -0.05) is 0 Å². The van der Waals surface area contributed by atoms with Crippen LogP contribution in [0.5, 0.6) is 0 Å². The number of carboxylic acid groups (broad SMARTS) is 1. The van der Waals surface area contributed by atoms with E-state index in [0.717, 1.165) is 12.1 Å². The van der Waals surface area contributed by atoms with Crippen molar-refractivity contribution in [3.63, 3.8) is 0 Å². The molecule has 1 aromatic rings. The molecule has 0 aromatic heterocycles. The fraction of sp³-hybridized carbons (Fsp3) is 0.500. The maximum atomic E-state index is 10.7. The van der Waals surface area contributed by atoms with E-state index in [9.17, 15) is 4.79 Å². The van der Waals surface area contributed by atoms with E-state index in [1.54, 1.807) is 31.4 Å². The molecule has 4 nitrogen and oxygen atoms in total. The van der Waals surface area contributed by atoms with Crippen LogP contribution in [0.15, 0.2) is 24.3 Å². The molecule has 0 radical (unpaired) electrons. The topological polar surface area (TPSA) is 58.6 Å². The van der Waals surface area contributed by atoms with Gasteiger partial charge >= 0.3 is 5.97 Å². The van der Waals surface area contributed by atoms with Gasteiger partial charge in [0.15, 0.2) is 0 Å². The number of carbonyl (C=O) groups is 1. The maximum Gasteiger partial charge on any atom is 0.335 e. The van der Waals surface area contributed by atoms with Crippen molar-refractivity contribution in [3.05, 3.63) is 29.8 Å². The molecule has 0 spiro atoms. The molecule has 0 saturated carbocycles. The van der Waals surface area contributed by atoms with Crippen LogP contribution in [0.25, 0.3) is 0 Å². The number of aromatic carboxylic acids is 1. The highest BCUT2D eigenvalue weighted by Gasteiger charge is 2.19. The SMILES string of the molecule is COC(C)(C)CC(C)Nc1ccc(C(=O)O)cc1. The van der Waals surface area contributed by atoms with Crippen LogP contribution in [-0.2, 0) is 4.74 Å². The summed E-state index contributed by atoms with van der Waals surface area (Å²) < 4.78 is 5.38. The number of ether oxygens (including phenoxy) is 1. The number of carboxylic acids is 1. The number of hydrogen-bond acceptors (Lipinski definition) is 3. The second-order valence-electron chi connectivity index (χ2n) is 5.10. The Bertz CT molecular complexity index is 398. The second-order valence-corrected chi connectivity index (χ2v) is 5.10. The van der Waals surface area contributed by atoms with E-state index in [2.05, 4.69) is 12.2 Å². The van der Waals surface area contributed by atoms with Gasteiger partial charge in [-0.15, -0.1) is 0 Å². The van der Waals surface area contributed by atoms with Crippen molar-refractivity contribution in [1.29, 1.82) is 0 Å². The van der Waals surface area contributed by atoms with Crippen molar-refractivity contribution < 1.29 is 14.6 Å². The van der Waals surface area contributed by atoms with E-state index in [1.807, 2.05) is 13.8 Å². The second kappa shape index (κ2) is 5.87. The zero-order valence-electron chi connectivity index (χ0n) is 11.4. The van der Waals surface area contributed by atoms with Gasteiger partial charge in [0.25, 0.3) is 0 Å². The zero-order valence-corrected chi connectivity index (χ0v) is 11.4. The summed E-state index contributed by atoms with van der Waals surface area (Å²) in [6.45, 7) is 6.16. The summed E-state index contributed by atoms with van der Waals surface area (Å²) in [5.74, 6) is -0.907. The molecule has 100 valence electrons. The molecule has 2 N–H and O–H groups in total. The Labute approximate surface area is 108 Å². The first-order valence-electron chi connectivity index (χ1n) is 5.99. The fourth-order valence-corrected chi connectivity index (χ4v) is 1.87. The Balaban J connectivity index is 2.59. The number of methoxy groups -OCH3 is 1. The van der Waals surface area contributed by atoms with Crippen molar-refractivity contribution >= 4 is 11.7 Å². The predicted molar refractivity (Wildman–Crippen MR) is 72.2 cm³/mol. The molecule has 0 aliphatic rings. The third-order valence-corrected chi connectivity index (χ3v) is 2.90. The fourth-order valence-electron chi connectivity index (χ4n) is 1.87. The van der Waals surface area contributed by atoms with Crippen LogP contribution in [0.1, 0.15) is 37.6 Å². The van der Waals surface area contributed by atoms with Gasteiger partial charge in [0.2, 0.25) is 0 Å². The predicted octanol–water partition coefficient (Wildman–Crippen LogP) is 3.00. The Morgan fingerprint density at radius 3 is 2.39 bits per heavy atom. The summed E-state index contributed by atoms with van der Waals surface area (Å²) >= 11 is 0. The first kappa shape index (κ1) is 14.5. The molecule has 0 aliphatic heterocycles. The molecular weight excluding hydrogens is 230 g/mol. The van der Waals surface area contributed by atoms with Gasteiger partial charge in [0.1, 0.15) is 0 Å². The molecule has 4 heteroatoms. The van der Waals surface area contributed by atoms with Crippen molar-refractivity contribution in [2.75, 3.05) is 12.4 Å². The minimum absolute atomic E-state index is 0.173. The summed E-state index contributed by atoms with van der Waals surface area (Å²) in [6.07, 6.45) is 0.865. The Morgan fingerprint density at radius 1 is 1.39 bits per heavy atom. The molecule has 1 atom stereocenters. The van der Waals surface area contributed by atoms with Gasteiger partial charge in [0, 0.05) is 18.8 Å². The number of hydrogen-bond donors (Lipinski definition) is 2. The average molecular weight is 251 g/mol. The summed E-state index contributed by atoms with van der Waals surface area (Å²) in [4.78, 5) is 10.7. The third kappa shape index (κ3) is 4.37. The Morgan fingerprint density at radius 2 is 1.94 bits per heavy atom. The lowest BCUT2D eigenvalue weighted by Gasteiger charge is -2.27. The van der Waals surface area contributed by atoms with Gasteiger partial charge in [-0.2, -0.15) is 0 Å². The van der Waals surface area contributed by atoms with Crippen LogP contribution in [0, 0.1) is 0 Å². The smallest absolute Gasteiger partial charge is 0.335 e. The van der Waals surface area contributed by atoms with Crippen LogP contribution in [-0.4, -0.2) is 29.8 Å². The van der Waals surface area contributed by atoms with Crippen LogP contribution >= 0.6 is 0 Å². The van der Waals surface area contributed by atoms with Crippen LogP contribution < -0.4 is 5.32 Å². The van der Waals surface area contributed by atoms with Crippen molar-refractivity contribution in [2.45, 2.75) is 38.8 Å². The van der Waals surface area contributed by atoms with E-state index in [1.165, 1.54) is 0 Å². The van der Waals surface area contributed by atoms with Gasteiger partial charge < -0.3 is 15.2 Å². The van der Waals surface area contributed by atoms with Gasteiger partial charge in [-0.25, -0.2) is 4.79 Å². The standard InChI is InChI=1S/C14H21NO3/c1-10(9-14(2,3)18-4)15-12-7-5-11(6-8-12)13(16)17/h5-8,10,15H,9H2,1-4H3,(H,16,17). The van der Waals surface area contributed by atoms with Crippen LogP contribution in [0.3, 0.4) is 0 Å². The summed E-state index contributed by atoms with van der Waals surface area (Å²) in [6, 6.07) is 6.99. The monoisotopic (exact) mass is 251 g/mol. The normalized spacial score (nSPS) is 13.1. The maximum absolute atomic E-state index is 10.7. The van der Waals surface area contributed by atoms with Crippen LogP contribution in [0.4, 0.5) is 5.69 Å². The van der Waals surface area contributed by atoms with E-state index < -0.39 is 5.97 Å². The van der Waals surface area contributed by atoms with Crippen molar-refractivity contribution in [1.82, 2.24) is 0 Å². The molecule has 0 heterocycles. The summed E-state index contributed by atoms with van der Waals surface area (Å²) in [7, 11) is 1.70.